The molecule has 136 valence electrons. The van der Waals surface area contributed by atoms with Gasteiger partial charge in [0.25, 0.3) is 0 Å². The normalized spacial score (nSPS) is 18.6. The Hall–Kier alpha value is -2.15. The third-order valence-electron chi connectivity index (χ3n) is 4.20. The molecule has 3 aromatic rings. The van der Waals surface area contributed by atoms with E-state index in [9.17, 15) is 9.59 Å². The minimum absolute atomic E-state index is 0.00847. The molecule has 0 saturated carbocycles. The summed E-state index contributed by atoms with van der Waals surface area (Å²) in [5, 5.41) is 1.94. The van der Waals surface area contributed by atoms with Gasteiger partial charge in [-0.2, -0.15) is 0 Å². The van der Waals surface area contributed by atoms with E-state index in [1.807, 2.05) is 37.3 Å². The maximum Gasteiger partial charge on any atom is 0.241 e. The van der Waals surface area contributed by atoms with Crippen molar-refractivity contribution in [1.82, 2.24) is 9.88 Å². The van der Waals surface area contributed by atoms with Crippen molar-refractivity contribution >= 4 is 62.7 Å². The Labute approximate surface area is 169 Å². The Kier molecular flexibility index (Phi) is 5.04. The molecule has 0 N–H and O–H groups in total. The highest BCUT2D eigenvalue weighted by atomic mass is 35.5. The molecule has 1 aliphatic rings. The van der Waals surface area contributed by atoms with Crippen LogP contribution in [0.2, 0.25) is 5.02 Å². The van der Waals surface area contributed by atoms with Crippen molar-refractivity contribution in [2.45, 2.75) is 12.2 Å². The molecule has 7 heteroatoms. The minimum Gasteiger partial charge on any atom is -0.298 e. The first-order valence-corrected chi connectivity index (χ1v) is 10.4. The van der Waals surface area contributed by atoms with E-state index in [0.29, 0.717) is 10.6 Å². The first-order valence-electron chi connectivity index (χ1n) is 8.35. The summed E-state index contributed by atoms with van der Waals surface area (Å²) in [6.07, 6.45) is 1.89. The van der Waals surface area contributed by atoms with E-state index in [2.05, 4.69) is 4.98 Å². The third-order valence-corrected chi connectivity index (χ3v) is 6.57. The summed E-state index contributed by atoms with van der Waals surface area (Å²) in [7, 11) is 0. The van der Waals surface area contributed by atoms with Gasteiger partial charge >= 0.3 is 0 Å². The van der Waals surface area contributed by atoms with E-state index in [0.717, 1.165) is 20.3 Å². The summed E-state index contributed by atoms with van der Waals surface area (Å²) in [4.78, 5) is 31.3. The first kappa shape index (κ1) is 18.2. The van der Waals surface area contributed by atoms with Gasteiger partial charge in [0.1, 0.15) is 5.01 Å². The number of nitrogens with zero attached hydrogens (tertiary/aromatic N) is 2. The fourth-order valence-electron chi connectivity index (χ4n) is 2.82. The molecular formula is C20H15ClN2O2S2. The number of Topliss-reactive ketones (excluding diaryl/α,β-unsaturated/α-hetero) is 1. The Balaban J connectivity index is 1.61. The number of ketones is 1. The van der Waals surface area contributed by atoms with Gasteiger partial charge < -0.3 is 0 Å². The molecule has 27 heavy (non-hydrogen) atoms. The molecule has 1 amide bonds. The van der Waals surface area contributed by atoms with Gasteiger partial charge in [0, 0.05) is 16.7 Å². The average molecular weight is 415 g/mol. The summed E-state index contributed by atoms with van der Waals surface area (Å²) >= 11 is 8.91. The van der Waals surface area contributed by atoms with Gasteiger partial charge in [-0.05, 0) is 43.3 Å². The van der Waals surface area contributed by atoms with Crippen molar-refractivity contribution in [3.63, 3.8) is 0 Å². The van der Waals surface area contributed by atoms with Crippen LogP contribution in [0.5, 0.6) is 0 Å². The van der Waals surface area contributed by atoms with Crippen molar-refractivity contribution in [3.8, 4) is 0 Å². The zero-order valence-corrected chi connectivity index (χ0v) is 16.8. The highest BCUT2D eigenvalue weighted by Gasteiger charge is 2.35. The molecule has 1 atom stereocenters. The zero-order chi connectivity index (χ0) is 19.0. The molecule has 2 heterocycles. The van der Waals surface area contributed by atoms with Crippen LogP contribution in [0, 0.1) is 0 Å². The molecule has 1 saturated heterocycles. The number of halogens is 1. The molecule has 2 aromatic carbocycles. The highest BCUT2D eigenvalue weighted by molar-refractivity contribution is 8.04. The Morgan fingerprint density at radius 2 is 1.96 bits per heavy atom. The second kappa shape index (κ2) is 7.46. The van der Waals surface area contributed by atoms with Crippen molar-refractivity contribution in [2.24, 2.45) is 0 Å². The fraction of sp³-hybridized carbons (Fsp3) is 0.150. The summed E-state index contributed by atoms with van der Waals surface area (Å²) in [6.45, 7) is 1.86. The van der Waals surface area contributed by atoms with Crippen LogP contribution in [0.25, 0.3) is 16.3 Å². The topological polar surface area (TPSA) is 50.3 Å². The van der Waals surface area contributed by atoms with E-state index in [1.54, 1.807) is 40.5 Å². The molecule has 0 aliphatic carbocycles. The number of thiazole rings is 1. The van der Waals surface area contributed by atoms with Crippen LogP contribution in [0.1, 0.15) is 22.3 Å². The molecule has 1 aromatic heterocycles. The minimum atomic E-state index is -0.219. The van der Waals surface area contributed by atoms with Crippen LogP contribution in [-0.2, 0) is 4.79 Å². The molecule has 0 spiro atoms. The van der Waals surface area contributed by atoms with Crippen LogP contribution in [0.3, 0.4) is 0 Å². The van der Waals surface area contributed by atoms with Crippen LogP contribution in [-0.4, -0.2) is 33.4 Å². The highest BCUT2D eigenvalue weighted by Crippen LogP contribution is 2.37. The molecule has 0 bridgehead atoms. The maximum absolute atomic E-state index is 12.6. The second-order valence-corrected chi connectivity index (χ2v) is 8.98. The van der Waals surface area contributed by atoms with E-state index in [1.165, 1.54) is 11.8 Å². The van der Waals surface area contributed by atoms with Crippen LogP contribution < -0.4 is 0 Å². The monoisotopic (exact) mass is 414 g/mol. The van der Waals surface area contributed by atoms with Gasteiger partial charge in [-0.3, -0.25) is 14.5 Å². The summed E-state index contributed by atoms with van der Waals surface area (Å²) < 4.78 is 1.09. The average Bonchev–Trinajstić information content (AvgIpc) is 3.18. The number of amides is 1. The summed E-state index contributed by atoms with van der Waals surface area (Å²) in [5.41, 5.74) is 1.47. The third kappa shape index (κ3) is 3.78. The lowest BCUT2D eigenvalue weighted by molar-refractivity contribution is -0.126. The maximum atomic E-state index is 12.6. The van der Waals surface area contributed by atoms with Crippen LogP contribution in [0.15, 0.2) is 53.6 Å². The number of hydrogen-bond donors (Lipinski definition) is 0. The van der Waals surface area contributed by atoms with Gasteiger partial charge in [0.05, 0.1) is 27.0 Å². The zero-order valence-electron chi connectivity index (χ0n) is 14.4. The molecule has 4 rings (SSSR count). The Morgan fingerprint density at radius 1 is 1.22 bits per heavy atom. The van der Waals surface area contributed by atoms with Crippen molar-refractivity contribution in [2.75, 3.05) is 6.54 Å². The lowest BCUT2D eigenvalue weighted by atomic mass is 10.1. The summed E-state index contributed by atoms with van der Waals surface area (Å²) in [5.74, 6) is -0.181. The smallest absolute Gasteiger partial charge is 0.241 e. The predicted molar refractivity (Wildman–Crippen MR) is 112 cm³/mol. The van der Waals surface area contributed by atoms with Gasteiger partial charge in [-0.15, -0.1) is 11.3 Å². The fourth-order valence-corrected chi connectivity index (χ4v) is 4.98. The molecule has 1 fully saturated rings. The van der Waals surface area contributed by atoms with Crippen molar-refractivity contribution < 1.29 is 9.59 Å². The second-order valence-electron chi connectivity index (χ2n) is 6.12. The number of carbonyl (C=O) groups is 2. The quantitative estimate of drug-likeness (QED) is 0.557. The van der Waals surface area contributed by atoms with Gasteiger partial charge in [-0.1, -0.05) is 35.5 Å². The van der Waals surface area contributed by atoms with E-state index >= 15 is 0 Å². The molecular weight excluding hydrogens is 400 g/mol. The van der Waals surface area contributed by atoms with Crippen molar-refractivity contribution in [1.29, 1.82) is 0 Å². The number of fused-ring (bicyclic) bond motifs is 1. The lowest BCUT2D eigenvalue weighted by Gasteiger charge is -2.16. The summed E-state index contributed by atoms with van der Waals surface area (Å²) in [6, 6.07) is 14.6. The number of aromatic nitrogens is 1. The number of thioether (sulfide) groups is 1. The van der Waals surface area contributed by atoms with Gasteiger partial charge in [0.2, 0.25) is 5.91 Å². The van der Waals surface area contributed by atoms with Gasteiger partial charge in [-0.25, -0.2) is 4.98 Å². The van der Waals surface area contributed by atoms with Gasteiger partial charge in [0.15, 0.2) is 5.78 Å². The molecule has 4 nitrogen and oxygen atoms in total. The number of benzene rings is 2. The van der Waals surface area contributed by atoms with Crippen LogP contribution >= 0.6 is 34.7 Å². The van der Waals surface area contributed by atoms with E-state index in [4.69, 9.17) is 11.6 Å². The number of rotatable bonds is 4. The standard InChI is InChI=1S/C20H15ClN2O2S2/c1-12-20(25)23(11-16(24)13-6-8-14(21)9-7-13)19(26-12)10-18-22-15-4-2-3-5-17(15)27-18/h2-10,12H,11H2,1H3/b19-10-/t12-/m1/s1. The number of hydrogen-bond acceptors (Lipinski definition) is 5. The van der Waals surface area contributed by atoms with E-state index < -0.39 is 0 Å². The molecule has 0 radical (unpaired) electrons. The largest absolute Gasteiger partial charge is 0.298 e. The SMILES string of the molecule is C[C@H]1S/C(=C\c2nc3ccccc3s2)N(CC(=O)c2ccc(Cl)cc2)C1=O. The van der Waals surface area contributed by atoms with E-state index in [-0.39, 0.29) is 23.5 Å². The number of para-hydroxylation sites is 1. The Bertz CT molecular complexity index is 1030. The molecule has 0 unspecified atom stereocenters. The Morgan fingerprint density at radius 3 is 2.70 bits per heavy atom. The predicted octanol–water partition coefficient (Wildman–Crippen LogP) is 5.09. The number of carbonyl (C=O) groups excluding carboxylic acids is 2. The first-order chi connectivity index (χ1) is 13.0. The molecule has 1 aliphatic heterocycles. The van der Waals surface area contributed by atoms with Crippen molar-refractivity contribution in [3.05, 3.63) is 69.2 Å². The lowest BCUT2D eigenvalue weighted by Crippen LogP contribution is -2.32. The van der Waals surface area contributed by atoms with Crippen LogP contribution in [0.4, 0.5) is 0 Å².